The molecule has 1 atom stereocenters. The lowest BCUT2D eigenvalue weighted by Gasteiger charge is -2.30. The molecule has 0 fully saturated rings. The molecular weight excluding hydrogens is 320 g/mol. The summed E-state index contributed by atoms with van der Waals surface area (Å²) in [4.78, 5) is 15.6. The number of benzene rings is 1. The molecule has 0 aliphatic carbocycles. The maximum Gasteiger partial charge on any atom is 0.261 e. The first-order valence-corrected chi connectivity index (χ1v) is 9.18. The van der Waals surface area contributed by atoms with Crippen molar-refractivity contribution in [3.63, 3.8) is 0 Å². The topological polar surface area (TPSA) is 41.6 Å². The van der Waals surface area contributed by atoms with Gasteiger partial charge >= 0.3 is 0 Å². The second kappa shape index (κ2) is 8.85. The Balaban J connectivity index is 2.17. The molecule has 130 valence electrons. The molecule has 1 unspecified atom stereocenters. The number of amides is 1. The monoisotopic (exact) mass is 346 g/mol. The number of rotatable bonds is 8. The summed E-state index contributed by atoms with van der Waals surface area (Å²) >= 11 is 1.49. The van der Waals surface area contributed by atoms with E-state index in [9.17, 15) is 4.79 Å². The summed E-state index contributed by atoms with van der Waals surface area (Å²) in [6, 6.07) is 10.2. The summed E-state index contributed by atoms with van der Waals surface area (Å²) in [6.45, 7) is 8.67. The van der Waals surface area contributed by atoms with Crippen LogP contribution in [0.2, 0.25) is 0 Å². The summed E-state index contributed by atoms with van der Waals surface area (Å²) in [6.07, 6.45) is 0. The molecule has 1 aromatic carbocycles. The second-order valence-electron chi connectivity index (χ2n) is 5.66. The van der Waals surface area contributed by atoms with Crippen LogP contribution in [0, 0.1) is 6.92 Å². The van der Waals surface area contributed by atoms with Crippen LogP contribution in [-0.4, -0.2) is 37.6 Å². The third kappa shape index (κ3) is 4.36. The van der Waals surface area contributed by atoms with Crippen LogP contribution in [0.15, 0.2) is 35.7 Å². The van der Waals surface area contributed by atoms with E-state index in [0.29, 0.717) is 6.54 Å². The third-order valence-electron chi connectivity index (χ3n) is 4.26. The van der Waals surface area contributed by atoms with Gasteiger partial charge in [-0.3, -0.25) is 9.69 Å². The van der Waals surface area contributed by atoms with Crippen molar-refractivity contribution in [2.45, 2.75) is 26.8 Å². The highest BCUT2D eigenvalue weighted by atomic mass is 32.1. The average Bonchev–Trinajstić information content (AvgIpc) is 3.04. The SMILES string of the molecule is CCN(CC)C(CNC(=O)c1sccc1C)c1cccc(OC)c1. The normalized spacial score (nSPS) is 12.2. The van der Waals surface area contributed by atoms with Gasteiger partial charge in [0.15, 0.2) is 0 Å². The highest BCUT2D eigenvalue weighted by molar-refractivity contribution is 7.12. The van der Waals surface area contributed by atoms with Crippen LogP contribution >= 0.6 is 11.3 Å². The summed E-state index contributed by atoms with van der Waals surface area (Å²) in [5.41, 5.74) is 2.18. The molecule has 4 nitrogen and oxygen atoms in total. The Hall–Kier alpha value is -1.85. The summed E-state index contributed by atoms with van der Waals surface area (Å²) < 4.78 is 5.35. The van der Waals surface area contributed by atoms with Gasteiger partial charge in [0.2, 0.25) is 0 Å². The van der Waals surface area contributed by atoms with Gasteiger partial charge in [0.25, 0.3) is 5.91 Å². The first kappa shape index (κ1) is 18.5. The number of methoxy groups -OCH3 is 1. The smallest absolute Gasteiger partial charge is 0.261 e. The fraction of sp³-hybridized carbons (Fsp3) is 0.421. The van der Waals surface area contributed by atoms with Gasteiger partial charge in [-0.15, -0.1) is 11.3 Å². The van der Waals surface area contributed by atoms with E-state index in [0.717, 1.165) is 34.8 Å². The number of ether oxygens (including phenoxy) is 1. The number of nitrogens with one attached hydrogen (secondary N) is 1. The number of nitrogens with zero attached hydrogens (tertiary/aromatic N) is 1. The summed E-state index contributed by atoms with van der Waals surface area (Å²) in [5.74, 6) is 0.840. The molecule has 24 heavy (non-hydrogen) atoms. The molecule has 0 aliphatic rings. The molecule has 0 spiro atoms. The Kier molecular flexibility index (Phi) is 6.82. The van der Waals surface area contributed by atoms with Crippen LogP contribution in [0.1, 0.15) is 40.7 Å². The maximum atomic E-state index is 12.4. The Bertz CT molecular complexity index is 665. The fourth-order valence-corrected chi connectivity index (χ4v) is 3.69. The quantitative estimate of drug-likeness (QED) is 0.789. The number of carbonyl (C=O) groups excluding carboxylic acids is 1. The number of aryl methyl sites for hydroxylation is 1. The van der Waals surface area contributed by atoms with Gasteiger partial charge in [-0.05, 0) is 54.7 Å². The van der Waals surface area contributed by atoms with Crippen molar-refractivity contribution in [1.29, 1.82) is 0 Å². The predicted octanol–water partition coefficient (Wildman–Crippen LogP) is 3.88. The number of likely N-dealkylation sites (N-methyl/N-ethyl adjacent to an activating group) is 1. The van der Waals surface area contributed by atoms with E-state index in [1.165, 1.54) is 11.3 Å². The molecule has 0 radical (unpaired) electrons. The lowest BCUT2D eigenvalue weighted by atomic mass is 10.0. The molecule has 1 heterocycles. The van der Waals surface area contributed by atoms with Gasteiger partial charge < -0.3 is 10.1 Å². The van der Waals surface area contributed by atoms with E-state index < -0.39 is 0 Å². The van der Waals surface area contributed by atoms with Gasteiger partial charge in [-0.2, -0.15) is 0 Å². The lowest BCUT2D eigenvalue weighted by molar-refractivity contribution is 0.0938. The Morgan fingerprint density at radius 2 is 2.04 bits per heavy atom. The molecule has 1 aromatic heterocycles. The van der Waals surface area contributed by atoms with Gasteiger partial charge in [0, 0.05) is 6.54 Å². The van der Waals surface area contributed by atoms with E-state index in [2.05, 4.69) is 30.1 Å². The molecule has 0 bridgehead atoms. The Labute approximate surface area is 148 Å². The zero-order valence-corrected chi connectivity index (χ0v) is 15.7. The minimum absolute atomic E-state index is 0.00236. The predicted molar refractivity (Wildman–Crippen MR) is 100 cm³/mol. The minimum Gasteiger partial charge on any atom is -0.497 e. The molecule has 5 heteroatoms. The number of carbonyl (C=O) groups is 1. The molecule has 0 aliphatic heterocycles. The van der Waals surface area contributed by atoms with Crippen molar-refractivity contribution >= 4 is 17.2 Å². The minimum atomic E-state index is 0.00236. The lowest BCUT2D eigenvalue weighted by Crippen LogP contribution is -2.38. The van der Waals surface area contributed by atoms with E-state index in [-0.39, 0.29) is 11.9 Å². The number of hydrogen-bond acceptors (Lipinski definition) is 4. The molecule has 1 amide bonds. The van der Waals surface area contributed by atoms with E-state index >= 15 is 0 Å². The number of hydrogen-bond donors (Lipinski definition) is 1. The second-order valence-corrected chi connectivity index (χ2v) is 6.57. The van der Waals surface area contributed by atoms with Crippen molar-refractivity contribution in [3.8, 4) is 5.75 Å². The highest BCUT2D eigenvalue weighted by Gasteiger charge is 2.20. The van der Waals surface area contributed by atoms with Gasteiger partial charge in [0.05, 0.1) is 18.0 Å². The first-order chi connectivity index (χ1) is 11.6. The van der Waals surface area contributed by atoms with E-state index in [1.807, 2.05) is 36.6 Å². The van der Waals surface area contributed by atoms with Gasteiger partial charge in [0.1, 0.15) is 5.75 Å². The highest BCUT2D eigenvalue weighted by Crippen LogP contribution is 2.24. The van der Waals surface area contributed by atoms with Crippen LogP contribution in [0.5, 0.6) is 5.75 Å². The van der Waals surface area contributed by atoms with Crippen molar-refractivity contribution < 1.29 is 9.53 Å². The molecule has 1 N–H and O–H groups in total. The zero-order valence-electron chi connectivity index (χ0n) is 14.8. The first-order valence-electron chi connectivity index (χ1n) is 8.31. The largest absolute Gasteiger partial charge is 0.497 e. The van der Waals surface area contributed by atoms with E-state index in [4.69, 9.17) is 4.74 Å². The van der Waals surface area contributed by atoms with Crippen LogP contribution in [0.3, 0.4) is 0 Å². The fourth-order valence-electron chi connectivity index (χ4n) is 2.85. The van der Waals surface area contributed by atoms with Crippen molar-refractivity contribution in [2.24, 2.45) is 0 Å². The van der Waals surface area contributed by atoms with Crippen molar-refractivity contribution in [2.75, 3.05) is 26.7 Å². The average molecular weight is 346 g/mol. The van der Waals surface area contributed by atoms with Crippen LogP contribution in [0.4, 0.5) is 0 Å². The molecule has 0 saturated carbocycles. The van der Waals surface area contributed by atoms with Crippen LogP contribution in [0.25, 0.3) is 0 Å². The Morgan fingerprint density at radius 3 is 2.62 bits per heavy atom. The third-order valence-corrected chi connectivity index (χ3v) is 5.27. The van der Waals surface area contributed by atoms with Crippen molar-refractivity contribution in [1.82, 2.24) is 10.2 Å². The maximum absolute atomic E-state index is 12.4. The van der Waals surface area contributed by atoms with Gasteiger partial charge in [-0.1, -0.05) is 26.0 Å². The molecule has 2 aromatic rings. The molecule has 0 saturated heterocycles. The summed E-state index contributed by atoms with van der Waals surface area (Å²) in [5, 5.41) is 5.05. The van der Waals surface area contributed by atoms with Gasteiger partial charge in [-0.25, -0.2) is 0 Å². The Morgan fingerprint density at radius 1 is 1.29 bits per heavy atom. The summed E-state index contributed by atoms with van der Waals surface area (Å²) in [7, 11) is 1.67. The molecule has 2 rings (SSSR count). The number of thiophene rings is 1. The molecular formula is C19H26N2O2S. The van der Waals surface area contributed by atoms with E-state index in [1.54, 1.807) is 7.11 Å². The van der Waals surface area contributed by atoms with Crippen molar-refractivity contribution in [3.05, 3.63) is 51.7 Å². The van der Waals surface area contributed by atoms with Crippen LogP contribution in [-0.2, 0) is 0 Å². The standard InChI is InChI=1S/C19H26N2O2S/c1-5-21(6-2)17(15-8-7-9-16(12-15)23-4)13-20-19(22)18-14(3)10-11-24-18/h7-12,17H,5-6,13H2,1-4H3,(H,20,22). The zero-order chi connectivity index (χ0) is 17.5. The van der Waals surface area contributed by atoms with Crippen LogP contribution < -0.4 is 10.1 Å².